The maximum Gasteiger partial charge on any atom is 0.327 e. The molecule has 0 radical (unpaired) electrons. The molecule has 2 aromatic rings. The smallest absolute Gasteiger partial charge is 0.327 e. The van der Waals surface area contributed by atoms with Gasteiger partial charge in [0.15, 0.2) is 0 Å². The summed E-state index contributed by atoms with van der Waals surface area (Å²) in [6.45, 7) is -0.349. The summed E-state index contributed by atoms with van der Waals surface area (Å²) in [6, 6.07) is 6.55. The summed E-state index contributed by atoms with van der Waals surface area (Å²) in [5, 5.41) is 7.74. The van der Waals surface area contributed by atoms with Gasteiger partial charge < -0.3 is 9.32 Å². The minimum Gasteiger partial charge on any atom is -0.467 e. The van der Waals surface area contributed by atoms with Gasteiger partial charge in [-0.2, -0.15) is 5.10 Å². The fourth-order valence-corrected chi connectivity index (χ4v) is 3.79. The number of carbonyl (C=O) groups excluding carboxylic acids is 3. The third-order valence-electron chi connectivity index (χ3n) is 4.37. The van der Waals surface area contributed by atoms with Crippen LogP contribution in [0.3, 0.4) is 0 Å². The van der Waals surface area contributed by atoms with Crippen LogP contribution in [0.2, 0.25) is 0 Å². The van der Waals surface area contributed by atoms with E-state index in [1.165, 1.54) is 17.0 Å². The molecule has 0 bridgehead atoms. The number of rotatable bonds is 4. The first kappa shape index (κ1) is 16.5. The molecule has 26 heavy (non-hydrogen) atoms. The van der Waals surface area contributed by atoms with Crippen molar-refractivity contribution in [1.82, 2.24) is 14.8 Å². The number of thiophene rings is 1. The molecular weight excluding hydrogens is 356 g/mol. The van der Waals surface area contributed by atoms with Crippen molar-refractivity contribution in [1.29, 1.82) is 0 Å². The fraction of sp³-hybridized carbons (Fsp3) is 0.294. The normalized spacial score (nSPS) is 20.3. The minimum absolute atomic E-state index is 0.0164. The molecule has 134 valence electrons. The lowest BCUT2D eigenvalue weighted by Crippen LogP contribution is -2.41. The minimum atomic E-state index is -0.473. The molecule has 0 aromatic carbocycles. The first-order valence-electron chi connectivity index (χ1n) is 8.07. The topological polar surface area (TPSA) is 86.4 Å². The van der Waals surface area contributed by atoms with Crippen molar-refractivity contribution in [3.05, 3.63) is 46.5 Å². The Morgan fingerprint density at radius 2 is 2.19 bits per heavy atom. The zero-order valence-electron chi connectivity index (χ0n) is 14.0. The van der Waals surface area contributed by atoms with E-state index in [4.69, 9.17) is 4.42 Å². The Hall–Kier alpha value is -2.94. The van der Waals surface area contributed by atoms with Crippen LogP contribution >= 0.6 is 11.3 Å². The van der Waals surface area contributed by atoms with Gasteiger partial charge in [0.25, 0.3) is 11.8 Å². The van der Waals surface area contributed by atoms with Gasteiger partial charge in [-0.1, -0.05) is 6.07 Å². The molecule has 9 heteroatoms. The monoisotopic (exact) mass is 372 g/mol. The highest BCUT2D eigenvalue weighted by atomic mass is 32.1. The van der Waals surface area contributed by atoms with Crippen LogP contribution in [-0.4, -0.2) is 58.5 Å². The van der Waals surface area contributed by atoms with Gasteiger partial charge in [-0.3, -0.25) is 14.5 Å². The third-order valence-corrected chi connectivity index (χ3v) is 5.29. The van der Waals surface area contributed by atoms with Gasteiger partial charge in [0.1, 0.15) is 24.9 Å². The van der Waals surface area contributed by atoms with E-state index in [0.29, 0.717) is 12.2 Å². The third kappa shape index (κ3) is 2.80. The Morgan fingerprint density at radius 1 is 1.35 bits per heavy atom. The van der Waals surface area contributed by atoms with Gasteiger partial charge in [0.2, 0.25) is 0 Å². The average Bonchev–Trinajstić information content (AvgIpc) is 3.39. The molecule has 4 amide bonds. The second kappa shape index (κ2) is 6.41. The van der Waals surface area contributed by atoms with Crippen molar-refractivity contribution in [3.63, 3.8) is 0 Å². The predicted octanol–water partition coefficient (Wildman–Crippen LogP) is 1.91. The number of amides is 4. The molecule has 8 nitrogen and oxygen atoms in total. The number of carbonyl (C=O) groups is 3. The number of hydrazone groups is 1. The summed E-state index contributed by atoms with van der Waals surface area (Å²) in [5.41, 5.74) is 0.783. The molecule has 1 saturated heterocycles. The first-order chi connectivity index (χ1) is 12.5. The zero-order chi connectivity index (χ0) is 18.3. The highest BCUT2D eigenvalue weighted by Gasteiger charge is 2.40. The van der Waals surface area contributed by atoms with Gasteiger partial charge in [-0.25, -0.2) is 9.80 Å². The van der Waals surface area contributed by atoms with Crippen molar-refractivity contribution >= 4 is 34.9 Å². The van der Waals surface area contributed by atoms with E-state index in [1.807, 2.05) is 17.5 Å². The Bertz CT molecular complexity index is 875. The number of urea groups is 1. The number of hydrogen-bond donors (Lipinski definition) is 0. The Kier molecular flexibility index (Phi) is 4.08. The summed E-state index contributed by atoms with van der Waals surface area (Å²) < 4.78 is 5.47. The Labute approximate surface area is 153 Å². The molecule has 4 rings (SSSR count). The molecule has 2 aliphatic heterocycles. The number of nitrogens with zero attached hydrogens (tertiary/aromatic N) is 4. The van der Waals surface area contributed by atoms with Crippen molar-refractivity contribution in [3.8, 4) is 0 Å². The van der Waals surface area contributed by atoms with Gasteiger partial charge in [0.05, 0.1) is 16.9 Å². The van der Waals surface area contributed by atoms with Crippen LogP contribution in [-0.2, 0) is 9.59 Å². The van der Waals surface area contributed by atoms with Crippen molar-refractivity contribution in [2.45, 2.75) is 12.5 Å². The number of imide groups is 1. The van der Waals surface area contributed by atoms with Crippen LogP contribution in [0.4, 0.5) is 4.79 Å². The number of furan rings is 1. The van der Waals surface area contributed by atoms with E-state index in [2.05, 4.69) is 5.10 Å². The van der Waals surface area contributed by atoms with Crippen LogP contribution in [0.1, 0.15) is 23.1 Å². The Morgan fingerprint density at radius 3 is 2.81 bits per heavy atom. The largest absolute Gasteiger partial charge is 0.467 e. The van der Waals surface area contributed by atoms with Gasteiger partial charge in [-0.15, -0.1) is 11.3 Å². The average molecular weight is 372 g/mol. The van der Waals surface area contributed by atoms with E-state index < -0.39 is 11.9 Å². The lowest BCUT2D eigenvalue weighted by atomic mass is 10.1. The maximum atomic E-state index is 12.8. The summed E-state index contributed by atoms with van der Waals surface area (Å²) in [5.74, 6) is -0.193. The van der Waals surface area contributed by atoms with Crippen LogP contribution in [0.25, 0.3) is 0 Å². The summed E-state index contributed by atoms with van der Waals surface area (Å²) >= 11 is 1.54. The molecule has 2 aliphatic rings. The summed E-state index contributed by atoms with van der Waals surface area (Å²) in [6.07, 6.45) is 2.06. The quantitative estimate of drug-likeness (QED) is 0.767. The fourth-order valence-electron chi connectivity index (χ4n) is 3.07. The molecule has 1 fully saturated rings. The summed E-state index contributed by atoms with van der Waals surface area (Å²) in [7, 11) is 1.53. The van der Waals surface area contributed by atoms with Gasteiger partial charge in [0, 0.05) is 13.5 Å². The van der Waals surface area contributed by atoms with Crippen molar-refractivity contribution in [2.75, 3.05) is 20.1 Å². The van der Waals surface area contributed by atoms with Crippen molar-refractivity contribution in [2.24, 2.45) is 5.10 Å². The molecule has 0 saturated carbocycles. The first-order valence-corrected chi connectivity index (χ1v) is 8.95. The summed E-state index contributed by atoms with van der Waals surface area (Å²) in [4.78, 5) is 40.0. The Balaban J connectivity index is 1.59. The second-order valence-corrected chi connectivity index (χ2v) is 7.06. The molecule has 0 N–H and O–H groups in total. The van der Waals surface area contributed by atoms with Crippen LogP contribution < -0.4 is 0 Å². The molecule has 0 spiro atoms. The lowest BCUT2D eigenvalue weighted by molar-refractivity contribution is -0.138. The van der Waals surface area contributed by atoms with Crippen LogP contribution in [0, 0.1) is 0 Å². The maximum absolute atomic E-state index is 12.8. The van der Waals surface area contributed by atoms with Crippen LogP contribution in [0.15, 0.2) is 45.4 Å². The van der Waals surface area contributed by atoms with E-state index in [9.17, 15) is 14.4 Å². The number of likely N-dealkylation sites (N-methyl/N-ethyl adjacent to an activating group) is 1. The molecule has 1 atom stereocenters. The lowest BCUT2D eigenvalue weighted by Gasteiger charge is -2.22. The van der Waals surface area contributed by atoms with Crippen LogP contribution in [0.5, 0.6) is 0 Å². The van der Waals surface area contributed by atoms with E-state index in [1.54, 1.807) is 29.7 Å². The SMILES string of the molecule is CN1CC(=O)N(CC(=O)N2N=C(c3cccs3)CC2c2ccco2)C1=O. The van der Waals surface area contributed by atoms with Crippen molar-refractivity contribution < 1.29 is 18.8 Å². The molecule has 0 aliphatic carbocycles. The standard InChI is InChI=1S/C17H16N4O4S/c1-19-9-15(22)20(17(19)24)10-16(23)21-12(13-4-2-6-25-13)8-11(18-21)14-5-3-7-26-14/h2-7,12H,8-10H2,1H3. The van der Waals surface area contributed by atoms with E-state index in [-0.39, 0.29) is 25.0 Å². The van der Waals surface area contributed by atoms with Gasteiger partial charge in [-0.05, 0) is 23.6 Å². The van der Waals surface area contributed by atoms with E-state index in [0.717, 1.165) is 15.5 Å². The molecule has 1 unspecified atom stereocenters. The number of hydrogen-bond acceptors (Lipinski definition) is 6. The molecule has 4 heterocycles. The molecular formula is C17H16N4O4S. The molecule has 2 aromatic heterocycles. The second-order valence-electron chi connectivity index (χ2n) is 6.12. The zero-order valence-corrected chi connectivity index (χ0v) is 14.8. The predicted molar refractivity (Wildman–Crippen MR) is 93.5 cm³/mol. The van der Waals surface area contributed by atoms with E-state index >= 15 is 0 Å². The highest BCUT2D eigenvalue weighted by Crippen LogP contribution is 2.34. The highest BCUT2D eigenvalue weighted by molar-refractivity contribution is 7.12. The van der Waals surface area contributed by atoms with Gasteiger partial charge >= 0.3 is 6.03 Å².